The summed E-state index contributed by atoms with van der Waals surface area (Å²) in [5.74, 6) is -3.68. The van der Waals surface area contributed by atoms with Crippen molar-refractivity contribution in [3.05, 3.63) is 35.9 Å². The Bertz CT molecular complexity index is 478. The molecule has 0 unspecified atom stereocenters. The summed E-state index contributed by atoms with van der Waals surface area (Å²) in [5.41, 5.74) is 0.395. The van der Waals surface area contributed by atoms with Crippen molar-refractivity contribution in [2.45, 2.75) is 26.6 Å². The highest BCUT2D eigenvalue weighted by Gasteiger charge is 2.41. The second kappa shape index (κ2) is 6.70. The van der Waals surface area contributed by atoms with Crippen LogP contribution in [-0.2, 0) is 34.4 Å². The van der Waals surface area contributed by atoms with Gasteiger partial charge in [-0.25, -0.2) is 0 Å². The van der Waals surface area contributed by atoms with Gasteiger partial charge in [0.05, 0.1) is 0 Å². The molecule has 0 spiro atoms. The molecule has 0 aliphatic heterocycles. The third-order valence-corrected chi connectivity index (χ3v) is 2.30. The molecule has 108 valence electrons. The highest BCUT2D eigenvalue weighted by molar-refractivity contribution is 5.70. The first-order chi connectivity index (χ1) is 9.35. The zero-order chi connectivity index (χ0) is 15.2. The van der Waals surface area contributed by atoms with E-state index in [4.69, 9.17) is 14.2 Å². The zero-order valence-corrected chi connectivity index (χ0v) is 11.5. The van der Waals surface area contributed by atoms with Crippen LogP contribution in [0, 0.1) is 0 Å². The van der Waals surface area contributed by atoms with Crippen molar-refractivity contribution >= 4 is 17.9 Å². The minimum Gasteiger partial charge on any atom is -0.457 e. The van der Waals surface area contributed by atoms with Crippen LogP contribution in [0.25, 0.3) is 0 Å². The van der Waals surface area contributed by atoms with Crippen LogP contribution < -0.4 is 0 Å². The Balaban J connectivity index is 3.20. The number of carbonyl (C=O) groups is 3. The number of hydrogen-bond donors (Lipinski definition) is 0. The van der Waals surface area contributed by atoms with Crippen LogP contribution in [0.5, 0.6) is 0 Å². The van der Waals surface area contributed by atoms with E-state index in [0.29, 0.717) is 5.56 Å². The fourth-order valence-corrected chi connectivity index (χ4v) is 1.63. The largest absolute Gasteiger partial charge is 0.457 e. The van der Waals surface area contributed by atoms with Gasteiger partial charge in [0.25, 0.3) is 0 Å². The summed E-state index contributed by atoms with van der Waals surface area (Å²) in [4.78, 5) is 33.6. The predicted octanol–water partition coefficient (Wildman–Crippen LogP) is 1.53. The van der Waals surface area contributed by atoms with Crippen LogP contribution in [0.15, 0.2) is 30.3 Å². The molecule has 0 aliphatic rings. The summed E-state index contributed by atoms with van der Waals surface area (Å²) < 4.78 is 15.1. The Morgan fingerprint density at radius 1 is 0.900 bits per heavy atom. The van der Waals surface area contributed by atoms with Crippen LogP contribution >= 0.6 is 0 Å². The molecule has 0 aliphatic carbocycles. The van der Waals surface area contributed by atoms with E-state index >= 15 is 0 Å². The Hall–Kier alpha value is -2.37. The summed E-state index contributed by atoms with van der Waals surface area (Å²) >= 11 is 0. The summed E-state index contributed by atoms with van der Waals surface area (Å²) in [5, 5.41) is 0. The number of rotatable bonds is 5. The molecule has 1 rings (SSSR count). The molecule has 0 saturated carbocycles. The normalized spacial score (nSPS) is 10.6. The molecule has 6 nitrogen and oxygen atoms in total. The zero-order valence-electron chi connectivity index (χ0n) is 11.5. The van der Waals surface area contributed by atoms with Crippen LogP contribution in [0.4, 0.5) is 0 Å². The topological polar surface area (TPSA) is 78.9 Å². The van der Waals surface area contributed by atoms with Crippen molar-refractivity contribution in [3.8, 4) is 0 Å². The summed E-state index contributed by atoms with van der Waals surface area (Å²) in [6, 6.07) is 8.34. The van der Waals surface area contributed by atoms with Crippen molar-refractivity contribution in [1.82, 2.24) is 0 Å². The lowest BCUT2D eigenvalue weighted by atomic mass is 10.1. The Morgan fingerprint density at radius 3 is 1.80 bits per heavy atom. The molecule has 0 aromatic heterocycles. The lowest BCUT2D eigenvalue weighted by Crippen LogP contribution is -2.41. The average Bonchev–Trinajstić information content (AvgIpc) is 2.35. The molecule has 0 saturated heterocycles. The van der Waals surface area contributed by atoms with Gasteiger partial charge in [0.1, 0.15) is 0 Å². The first kappa shape index (κ1) is 15.7. The maximum absolute atomic E-state index is 11.3. The van der Waals surface area contributed by atoms with Gasteiger partial charge in [0.2, 0.25) is 0 Å². The Morgan fingerprint density at radius 2 is 1.40 bits per heavy atom. The summed E-state index contributed by atoms with van der Waals surface area (Å²) in [6.45, 7) is 3.15. The van der Waals surface area contributed by atoms with E-state index in [1.165, 1.54) is 20.8 Å². The Labute approximate surface area is 116 Å². The van der Waals surface area contributed by atoms with Crippen LogP contribution in [0.3, 0.4) is 0 Å². The molecular weight excluding hydrogens is 264 g/mol. The monoisotopic (exact) mass is 280 g/mol. The molecule has 20 heavy (non-hydrogen) atoms. The van der Waals surface area contributed by atoms with Crippen LogP contribution in [-0.4, -0.2) is 24.5 Å². The fraction of sp³-hybridized carbons (Fsp3) is 0.357. The quantitative estimate of drug-likeness (QED) is 0.601. The predicted molar refractivity (Wildman–Crippen MR) is 68.3 cm³/mol. The van der Waals surface area contributed by atoms with Crippen LogP contribution in [0.1, 0.15) is 26.3 Å². The van der Waals surface area contributed by atoms with E-state index in [-0.39, 0.29) is 0 Å². The van der Waals surface area contributed by atoms with Crippen molar-refractivity contribution in [1.29, 1.82) is 0 Å². The fourth-order valence-electron chi connectivity index (χ4n) is 1.63. The van der Waals surface area contributed by atoms with E-state index in [9.17, 15) is 14.4 Å². The SMILES string of the molecule is CC(=O)OCC(OC(C)=O)(OC(C)=O)c1ccccc1. The molecule has 0 amide bonds. The number of benzene rings is 1. The van der Waals surface area contributed by atoms with E-state index in [2.05, 4.69) is 0 Å². The van der Waals surface area contributed by atoms with Gasteiger partial charge in [-0.1, -0.05) is 30.3 Å². The first-order valence-electron chi connectivity index (χ1n) is 5.94. The third kappa shape index (κ3) is 4.38. The summed E-state index contributed by atoms with van der Waals surface area (Å²) in [7, 11) is 0. The van der Waals surface area contributed by atoms with E-state index in [1.807, 2.05) is 0 Å². The molecule has 6 heteroatoms. The van der Waals surface area contributed by atoms with Crippen molar-refractivity contribution in [3.63, 3.8) is 0 Å². The molecule has 1 aromatic carbocycles. The number of esters is 3. The molecule has 0 bridgehead atoms. The molecule has 0 radical (unpaired) electrons. The van der Waals surface area contributed by atoms with Gasteiger partial charge in [0, 0.05) is 26.3 Å². The van der Waals surface area contributed by atoms with Gasteiger partial charge >= 0.3 is 23.7 Å². The van der Waals surface area contributed by atoms with Crippen LogP contribution in [0.2, 0.25) is 0 Å². The van der Waals surface area contributed by atoms with Gasteiger partial charge < -0.3 is 14.2 Å². The smallest absolute Gasteiger partial charge is 0.317 e. The van der Waals surface area contributed by atoms with E-state index < -0.39 is 30.3 Å². The highest BCUT2D eigenvalue weighted by Crippen LogP contribution is 2.28. The van der Waals surface area contributed by atoms with Gasteiger partial charge in [0.15, 0.2) is 6.61 Å². The third-order valence-electron chi connectivity index (χ3n) is 2.30. The van der Waals surface area contributed by atoms with Gasteiger partial charge in [-0.3, -0.25) is 14.4 Å². The van der Waals surface area contributed by atoms with Gasteiger partial charge in [-0.15, -0.1) is 0 Å². The Kier molecular flexibility index (Phi) is 5.25. The number of hydrogen-bond acceptors (Lipinski definition) is 6. The number of ether oxygens (including phenoxy) is 3. The van der Waals surface area contributed by atoms with Gasteiger partial charge in [-0.2, -0.15) is 0 Å². The molecule has 0 atom stereocenters. The van der Waals surface area contributed by atoms with E-state index in [1.54, 1.807) is 30.3 Å². The maximum Gasteiger partial charge on any atom is 0.317 e. The lowest BCUT2D eigenvalue weighted by molar-refractivity contribution is -0.248. The summed E-state index contributed by atoms with van der Waals surface area (Å²) in [6.07, 6.45) is 0. The maximum atomic E-state index is 11.3. The minimum atomic E-state index is -1.77. The molecule has 0 N–H and O–H groups in total. The van der Waals surface area contributed by atoms with Crippen molar-refractivity contribution in [2.24, 2.45) is 0 Å². The van der Waals surface area contributed by atoms with E-state index in [0.717, 1.165) is 0 Å². The molecule has 1 aromatic rings. The molecular formula is C14H16O6. The second-order valence-electron chi connectivity index (χ2n) is 4.09. The standard InChI is InChI=1S/C14H16O6/c1-10(15)18-9-14(19-11(2)16,20-12(3)17)13-7-5-4-6-8-13/h4-8H,9H2,1-3H3. The van der Waals surface area contributed by atoms with Gasteiger partial charge in [-0.05, 0) is 0 Å². The lowest BCUT2D eigenvalue weighted by Gasteiger charge is -2.31. The second-order valence-corrected chi connectivity index (χ2v) is 4.09. The first-order valence-corrected chi connectivity index (χ1v) is 5.94. The van der Waals surface area contributed by atoms with Crippen molar-refractivity contribution < 1.29 is 28.6 Å². The minimum absolute atomic E-state index is 0.395. The molecule has 0 fully saturated rings. The average molecular weight is 280 g/mol. The van der Waals surface area contributed by atoms with Crippen molar-refractivity contribution in [2.75, 3.05) is 6.61 Å². The molecule has 0 heterocycles. The highest BCUT2D eigenvalue weighted by atomic mass is 16.7. The number of carbonyl (C=O) groups excluding carboxylic acids is 3.